The molecule has 5 heteroatoms. The highest BCUT2D eigenvalue weighted by molar-refractivity contribution is 5.79. The number of rotatable bonds is 6. The fourth-order valence-corrected chi connectivity index (χ4v) is 2.58. The van der Waals surface area contributed by atoms with Gasteiger partial charge in [-0.3, -0.25) is 9.69 Å². The molecule has 0 aromatic carbocycles. The van der Waals surface area contributed by atoms with Crippen LogP contribution < -0.4 is 5.32 Å². The molecule has 1 rings (SSSR count). The number of carbonyl (C=O) groups excluding carboxylic acids is 1. The molecule has 0 bridgehead atoms. The topological polar surface area (TPSA) is 76.4 Å². The van der Waals surface area contributed by atoms with Crippen LogP contribution >= 0.6 is 0 Å². The van der Waals surface area contributed by atoms with Gasteiger partial charge in [0.05, 0.1) is 18.2 Å². The fraction of sp³-hybridized carbons (Fsp3) is 0.857. The quantitative estimate of drug-likeness (QED) is 0.753. The highest BCUT2D eigenvalue weighted by Gasteiger charge is 2.35. The predicted molar refractivity (Wildman–Crippen MR) is 73.4 cm³/mol. The molecule has 108 valence electrons. The zero-order valence-corrected chi connectivity index (χ0v) is 12.2. The summed E-state index contributed by atoms with van der Waals surface area (Å²) in [6, 6.07) is 2.25. The van der Waals surface area contributed by atoms with Crippen molar-refractivity contribution in [2.24, 2.45) is 0 Å². The first-order valence-electron chi connectivity index (χ1n) is 6.97. The molecule has 0 aromatic heterocycles. The Balaban J connectivity index is 2.52. The van der Waals surface area contributed by atoms with Gasteiger partial charge in [0.25, 0.3) is 0 Å². The highest BCUT2D eigenvalue weighted by atomic mass is 16.3. The van der Waals surface area contributed by atoms with Crippen LogP contribution in [0.5, 0.6) is 0 Å². The lowest BCUT2D eigenvalue weighted by atomic mass is 10.00. The van der Waals surface area contributed by atoms with Crippen LogP contribution in [0.3, 0.4) is 0 Å². The summed E-state index contributed by atoms with van der Waals surface area (Å²) in [6.45, 7) is 6.76. The Morgan fingerprint density at radius 2 is 2.05 bits per heavy atom. The molecule has 1 saturated carbocycles. The number of amides is 1. The standard InChI is InChI=1S/C14H25N3O2/c1-4-17(11-13(2,3)19)9-12(18)16-14(10-15)7-5-6-8-14/h19H,4-9,11H2,1-3H3,(H,16,18). The van der Waals surface area contributed by atoms with Crippen LogP contribution in [-0.2, 0) is 4.79 Å². The number of aliphatic hydroxyl groups is 1. The van der Waals surface area contributed by atoms with E-state index in [0.717, 1.165) is 25.7 Å². The predicted octanol–water partition coefficient (Wildman–Crippen LogP) is 1.03. The van der Waals surface area contributed by atoms with E-state index in [1.54, 1.807) is 13.8 Å². The number of nitrogens with one attached hydrogen (secondary N) is 1. The number of likely N-dealkylation sites (N-methyl/N-ethyl adjacent to an activating group) is 1. The van der Waals surface area contributed by atoms with Crippen molar-refractivity contribution in [1.29, 1.82) is 5.26 Å². The van der Waals surface area contributed by atoms with E-state index in [2.05, 4.69) is 11.4 Å². The number of hydrogen-bond acceptors (Lipinski definition) is 4. The van der Waals surface area contributed by atoms with Crippen molar-refractivity contribution < 1.29 is 9.90 Å². The molecule has 0 aliphatic heterocycles. The maximum atomic E-state index is 12.0. The van der Waals surface area contributed by atoms with Gasteiger partial charge in [0.15, 0.2) is 0 Å². The minimum Gasteiger partial charge on any atom is -0.389 e. The van der Waals surface area contributed by atoms with Gasteiger partial charge in [0.2, 0.25) is 5.91 Å². The van der Waals surface area contributed by atoms with E-state index in [9.17, 15) is 15.2 Å². The number of nitrogens with zero attached hydrogens (tertiary/aromatic N) is 2. The van der Waals surface area contributed by atoms with Gasteiger partial charge in [-0.25, -0.2) is 0 Å². The summed E-state index contributed by atoms with van der Waals surface area (Å²) < 4.78 is 0. The molecule has 1 aliphatic rings. The third-order valence-corrected chi connectivity index (χ3v) is 3.47. The second-order valence-electron chi connectivity index (χ2n) is 6.06. The van der Waals surface area contributed by atoms with Crippen molar-refractivity contribution in [2.75, 3.05) is 19.6 Å². The minimum absolute atomic E-state index is 0.130. The largest absolute Gasteiger partial charge is 0.389 e. The smallest absolute Gasteiger partial charge is 0.235 e. The van der Waals surface area contributed by atoms with E-state index in [4.69, 9.17) is 0 Å². The Labute approximate surface area is 115 Å². The lowest BCUT2D eigenvalue weighted by Crippen LogP contribution is -2.50. The maximum absolute atomic E-state index is 12.0. The summed E-state index contributed by atoms with van der Waals surface area (Å²) in [6.07, 6.45) is 3.48. The van der Waals surface area contributed by atoms with Gasteiger partial charge in [0, 0.05) is 6.54 Å². The molecule has 0 saturated heterocycles. The average Bonchev–Trinajstić information content (AvgIpc) is 2.75. The summed E-state index contributed by atoms with van der Waals surface area (Å²) in [5.41, 5.74) is -1.48. The molecule has 0 heterocycles. The van der Waals surface area contributed by atoms with Crippen molar-refractivity contribution in [2.45, 2.75) is 57.6 Å². The van der Waals surface area contributed by atoms with Crippen LogP contribution in [0.25, 0.3) is 0 Å². The van der Waals surface area contributed by atoms with Crippen LogP contribution in [0, 0.1) is 11.3 Å². The van der Waals surface area contributed by atoms with E-state index in [1.165, 1.54) is 0 Å². The first kappa shape index (κ1) is 15.9. The monoisotopic (exact) mass is 267 g/mol. The van der Waals surface area contributed by atoms with Crippen molar-refractivity contribution in [3.63, 3.8) is 0 Å². The molecular formula is C14H25N3O2. The highest BCUT2D eigenvalue weighted by Crippen LogP contribution is 2.28. The Kier molecular flexibility index (Phi) is 5.33. The first-order valence-corrected chi connectivity index (χ1v) is 6.97. The molecule has 0 spiro atoms. The van der Waals surface area contributed by atoms with E-state index < -0.39 is 11.1 Å². The number of nitriles is 1. The second kappa shape index (κ2) is 6.36. The third kappa shape index (κ3) is 5.17. The molecule has 0 radical (unpaired) electrons. The van der Waals surface area contributed by atoms with E-state index in [1.807, 2.05) is 11.8 Å². The number of hydrogen-bond donors (Lipinski definition) is 2. The van der Waals surface area contributed by atoms with Gasteiger partial charge in [-0.05, 0) is 46.1 Å². The SMILES string of the molecule is CCN(CC(=O)NC1(C#N)CCCC1)CC(C)(C)O. The molecule has 1 aliphatic carbocycles. The summed E-state index contributed by atoms with van der Waals surface area (Å²) >= 11 is 0. The van der Waals surface area contributed by atoms with Gasteiger partial charge < -0.3 is 10.4 Å². The Morgan fingerprint density at radius 3 is 2.47 bits per heavy atom. The van der Waals surface area contributed by atoms with Crippen LogP contribution in [0.15, 0.2) is 0 Å². The minimum atomic E-state index is -0.823. The molecule has 0 atom stereocenters. The van der Waals surface area contributed by atoms with Crippen LogP contribution in [0.2, 0.25) is 0 Å². The molecule has 2 N–H and O–H groups in total. The Hall–Kier alpha value is -1.12. The van der Waals surface area contributed by atoms with Gasteiger partial charge >= 0.3 is 0 Å². The molecular weight excluding hydrogens is 242 g/mol. The van der Waals surface area contributed by atoms with Gasteiger partial charge in [-0.2, -0.15) is 5.26 Å². The van der Waals surface area contributed by atoms with Gasteiger partial charge in [-0.15, -0.1) is 0 Å². The average molecular weight is 267 g/mol. The fourth-order valence-electron chi connectivity index (χ4n) is 2.58. The van der Waals surface area contributed by atoms with Crippen molar-refractivity contribution in [3.8, 4) is 6.07 Å². The lowest BCUT2D eigenvalue weighted by molar-refractivity contribution is -0.124. The molecule has 0 unspecified atom stereocenters. The zero-order chi connectivity index (χ0) is 14.5. The van der Waals surface area contributed by atoms with E-state index in [0.29, 0.717) is 13.1 Å². The summed E-state index contributed by atoms with van der Waals surface area (Å²) in [7, 11) is 0. The van der Waals surface area contributed by atoms with Crippen molar-refractivity contribution in [1.82, 2.24) is 10.2 Å². The van der Waals surface area contributed by atoms with E-state index >= 15 is 0 Å². The lowest BCUT2D eigenvalue weighted by Gasteiger charge is -2.29. The van der Waals surface area contributed by atoms with Crippen LogP contribution in [0.4, 0.5) is 0 Å². The van der Waals surface area contributed by atoms with Crippen LogP contribution in [-0.4, -0.2) is 46.7 Å². The van der Waals surface area contributed by atoms with Crippen molar-refractivity contribution >= 4 is 5.91 Å². The summed E-state index contributed by atoms with van der Waals surface area (Å²) in [5.74, 6) is -0.130. The normalized spacial score (nSPS) is 18.3. The number of carbonyl (C=O) groups is 1. The van der Waals surface area contributed by atoms with Crippen LogP contribution in [0.1, 0.15) is 46.5 Å². The molecule has 0 aromatic rings. The summed E-state index contributed by atoms with van der Waals surface area (Å²) in [4.78, 5) is 13.9. The molecule has 1 amide bonds. The molecule has 5 nitrogen and oxygen atoms in total. The zero-order valence-electron chi connectivity index (χ0n) is 12.2. The van der Waals surface area contributed by atoms with Gasteiger partial charge in [-0.1, -0.05) is 6.92 Å². The Bertz CT molecular complexity index is 349. The molecule has 19 heavy (non-hydrogen) atoms. The first-order chi connectivity index (χ1) is 8.80. The molecule has 1 fully saturated rings. The summed E-state index contributed by atoms with van der Waals surface area (Å²) in [5, 5.41) is 21.9. The third-order valence-electron chi connectivity index (χ3n) is 3.47. The Morgan fingerprint density at radius 1 is 1.47 bits per heavy atom. The second-order valence-corrected chi connectivity index (χ2v) is 6.06. The van der Waals surface area contributed by atoms with Gasteiger partial charge in [0.1, 0.15) is 5.54 Å². The van der Waals surface area contributed by atoms with Crippen molar-refractivity contribution in [3.05, 3.63) is 0 Å². The van der Waals surface area contributed by atoms with E-state index in [-0.39, 0.29) is 12.5 Å². The maximum Gasteiger partial charge on any atom is 0.235 e.